The molecular formula is C20H23NO5S. The molecule has 0 bridgehead atoms. The number of hydrogen-bond donors (Lipinski definition) is 2. The second-order valence-electron chi connectivity index (χ2n) is 6.21. The van der Waals surface area contributed by atoms with Gasteiger partial charge in [-0.1, -0.05) is 12.1 Å². The predicted molar refractivity (Wildman–Crippen MR) is 105 cm³/mol. The Morgan fingerprint density at radius 2 is 1.81 bits per heavy atom. The summed E-state index contributed by atoms with van der Waals surface area (Å²) in [5, 5.41) is 18.9. The Hall–Kier alpha value is -2.54. The summed E-state index contributed by atoms with van der Waals surface area (Å²) in [5.74, 6) is 1.88. The van der Waals surface area contributed by atoms with Gasteiger partial charge in [-0.2, -0.15) is 0 Å². The first-order chi connectivity index (χ1) is 13.0. The molecule has 2 aromatic rings. The van der Waals surface area contributed by atoms with Crippen LogP contribution in [-0.2, 0) is 11.2 Å². The van der Waals surface area contributed by atoms with Gasteiger partial charge >= 0.3 is 0 Å². The average Bonchev–Trinajstić information content (AvgIpc) is 2.68. The molecule has 0 aromatic heterocycles. The number of ether oxygens (including phenoxy) is 2. The summed E-state index contributed by atoms with van der Waals surface area (Å²) in [6, 6.07) is 10.3. The van der Waals surface area contributed by atoms with E-state index < -0.39 is 0 Å². The molecule has 1 aliphatic rings. The smallest absolute Gasteiger partial charge is 0.224 e. The van der Waals surface area contributed by atoms with Gasteiger partial charge in [0.25, 0.3) is 0 Å². The molecule has 27 heavy (non-hydrogen) atoms. The van der Waals surface area contributed by atoms with E-state index in [4.69, 9.17) is 9.47 Å². The van der Waals surface area contributed by atoms with Gasteiger partial charge in [0.1, 0.15) is 16.9 Å². The van der Waals surface area contributed by atoms with Crippen LogP contribution in [0, 0.1) is 0 Å². The topological polar surface area (TPSA) is 79.2 Å². The molecule has 3 rings (SSSR count). The Balaban J connectivity index is 1.88. The van der Waals surface area contributed by atoms with E-state index >= 15 is 0 Å². The molecule has 7 heteroatoms. The van der Waals surface area contributed by atoms with Crippen molar-refractivity contribution in [2.24, 2.45) is 0 Å². The Bertz CT molecular complexity index is 804. The predicted octanol–water partition coefficient (Wildman–Crippen LogP) is 3.32. The van der Waals surface area contributed by atoms with Crippen molar-refractivity contribution in [3.63, 3.8) is 0 Å². The third-order valence-electron chi connectivity index (χ3n) is 4.59. The lowest BCUT2D eigenvalue weighted by Crippen LogP contribution is -2.39. The molecule has 0 spiro atoms. The third-order valence-corrected chi connectivity index (χ3v) is 5.83. The van der Waals surface area contributed by atoms with E-state index in [2.05, 4.69) is 0 Å². The molecule has 2 aromatic carbocycles. The molecule has 0 radical (unpaired) electrons. The van der Waals surface area contributed by atoms with Crippen LogP contribution in [-0.4, -0.2) is 47.5 Å². The minimum atomic E-state index is -0.205. The lowest BCUT2D eigenvalue weighted by Gasteiger charge is -2.36. The Morgan fingerprint density at radius 3 is 2.44 bits per heavy atom. The standard InChI is InChI=1S/C20H23NO5S/c1-25-16-4-3-5-17(26-2)19(16)20-21(18(24)9-11-27-20)10-8-13-6-7-14(22)15(23)12-13/h3-7,12,20,22-23H,8-11H2,1-2H3. The number of phenols is 2. The maximum absolute atomic E-state index is 12.7. The number of methoxy groups -OCH3 is 2. The summed E-state index contributed by atoms with van der Waals surface area (Å²) < 4.78 is 11.0. The van der Waals surface area contributed by atoms with Crippen molar-refractivity contribution >= 4 is 17.7 Å². The Kier molecular flexibility index (Phi) is 6.01. The van der Waals surface area contributed by atoms with Crippen LogP contribution in [0.25, 0.3) is 0 Å². The summed E-state index contributed by atoms with van der Waals surface area (Å²) in [6.45, 7) is 0.488. The lowest BCUT2D eigenvalue weighted by atomic mass is 10.1. The second kappa shape index (κ2) is 8.43. The van der Waals surface area contributed by atoms with Crippen LogP contribution >= 0.6 is 11.8 Å². The maximum atomic E-state index is 12.7. The molecular weight excluding hydrogens is 366 g/mol. The second-order valence-corrected chi connectivity index (χ2v) is 7.40. The number of rotatable bonds is 6. The third kappa shape index (κ3) is 4.08. The Morgan fingerprint density at radius 1 is 1.11 bits per heavy atom. The monoisotopic (exact) mass is 389 g/mol. The fourth-order valence-electron chi connectivity index (χ4n) is 3.20. The van der Waals surface area contributed by atoms with E-state index in [1.807, 2.05) is 23.1 Å². The van der Waals surface area contributed by atoms with Crippen molar-refractivity contribution in [1.29, 1.82) is 0 Å². The van der Waals surface area contributed by atoms with E-state index in [0.717, 1.165) is 16.9 Å². The molecule has 1 fully saturated rings. The van der Waals surface area contributed by atoms with Crippen LogP contribution in [0.1, 0.15) is 22.9 Å². The summed E-state index contributed by atoms with van der Waals surface area (Å²) in [6.07, 6.45) is 1.05. The molecule has 1 atom stereocenters. The molecule has 144 valence electrons. The molecule has 1 heterocycles. The van der Waals surface area contributed by atoms with Gasteiger partial charge in [-0.15, -0.1) is 11.8 Å². The highest BCUT2D eigenvalue weighted by atomic mass is 32.2. The lowest BCUT2D eigenvalue weighted by molar-refractivity contribution is -0.132. The van der Waals surface area contributed by atoms with Gasteiger partial charge in [-0.25, -0.2) is 0 Å². The largest absolute Gasteiger partial charge is 0.504 e. The maximum Gasteiger partial charge on any atom is 0.224 e. The highest BCUT2D eigenvalue weighted by Gasteiger charge is 2.33. The fourth-order valence-corrected chi connectivity index (χ4v) is 4.52. The number of phenolic OH excluding ortho intramolecular Hbond substituents is 2. The highest BCUT2D eigenvalue weighted by molar-refractivity contribution is 7.99. The Labute approximate surface area is 162 Å². The number of aromatic hydroxyl groups is 2. The molecule has 1 saturated heterocycles. The fraction of sp³-hybridized carbons (Fsp3) is 0.350. The summed E-state index contributed by atoms with van der Waals surface area (Å²) in [7, 11) is 3.22. The molecule has 0 saturated carbocycles. The number of carbonyl (C=O) groups is 1. The first-order valence-electron chi connectivity index (χ1n) is 8.68. The molecule has 1 amide bonds. The van der Waals surface area contributed by atoms with Crippen LogP contribution < -0.4 is 9.47 Å². The van der Waals surface area contributed by atoms with Crippen molar-refractivity contribution in [3.05, 3.63) is 47.5 Å². The van der Waals surface area contributed by atoms with Gasteiger partial charge < -0.3 is 24.6 Å². The van der Waals surface area contributed by atoms with E-state index in [-0.39, 0.29) is 22.8 Å². The summed E-state index contributed by atoms with van der Waals surface area (Å²) >= 11 is 1.68. The van der Waals surface area contributed by atoms with Crippen molar-refractivity contribution in [2.75, 3.05) is 26.5 Å². The molecule has 0 aliphatic carbocycles. The van der Waals surface area contributed by atoms with Crippen LogP contribution in [0.5, 0.6) is 23.0 Å². The zero-order valence-electron chi connectivity index (χ0n) is 15.3. The number of thioether (sulfide) groups is 1. The van der Waals surface area contributed by atoms with Gasteiger partial charge in [0.15, 0.2) is 11.5 Å². The van der Waals surface area contributed by atoms with Crippen molar-refractivity contribution < 1.29 is 24.5 Å². The molecule has 2 N–H and O–H groups in total. The number of amides is 1. The summed E-state index contributed by atoms with van der Waals surface area (Å²) in [5.41, 5.74) is 1.70. The normalized spacial score (nSPS) is 17.0. The highest BCUT2D eigenvalue weighted by Crippen LogP contribution is 2.45. The van der Waals surface area contributed by atoms with Crippen LogP contribution in [0.2, 0.25) is 0 Å². The summed E-state index contributed by atoms with van der Waals surface area (Å²) in [4.78, 5) is 14.5. The van der Waals surface area contributed by atoms with E-state index in [9.17, 15) is 15.0 Å². The van der Waals surface area contributed by atoms with Crippen LogP contribution in [0.4, 0.5) is 0 Å². The van der Waals surface area contributed by atoms with Crippen molar-refractivity contribution in [2.45, 2.75) is 18.2 Å². The van der Waals surface area contributed by atoms with Gasteiger partial charge in [0.05, 0.1) is 19.8 Å². The number of nitrogens with zero attached hydrogens (tertiary/aromatic N) is 1. The van der Waals surface area contributed by atoms with Crippen LogP contribution in [0.3, 0.4) is 0 Å². The molecule has 1 aliphatic heterocycles. The van der Waals surface area contributed by atoms with Gasteiger partial charge in [0, 0.05) is 18.7 Å². The van der Waals surface area contributed by atoms with Crippen molar-refractivity contribution in [3.8, 4) is 23.0 Å². The SMILES string of the molecule is COc1cccc(OC)c1C1SCCC(=O)N1CCc1ccc(O)c(O)c1. The van der Waals surface area contributed by atoms with Crippen molar-refractivity contribution in [1.82, 2.24) is 4.90 Å². The first-order valence-corrected chi connectivity index (χ1v) is 9.73. The van der Waals surface area contributed by atoms with E-state index in [1.54, 1.807) is 32.0 Å². The average molecular weight is 389 g/mol. The molecule has 1 unspecified atom stereocenters. The number of hydrogen-bond acceptors (Lipinski definition) is 6. The zero-order chi connectivity index (χ0) is 19.4. The number of benzene rings is 2. The quantitative estimate of drug-likeness (QED) is 0.738. The van der Waals surface area contributed by atoms with E-state index in [0.29, 0.717) is 30.9 Å². The van der Waals surface area contributed by atoms with Gasteiger partial charge in [-0.05, 0) is 36.2 Å². The van der Waals surface area contributed by atoms with Crippen LogP contribution in [0.15, 0.2) is 36.4 Å². The minimum absolute atomic E-state index is 0.0784. The molecule has 6 nitrogen and oxygen atoms in total. The van der Waals surface area contributed by atoms with Gasteiger partial charge in [0.2, 0.25) is 5.91 Å². The minimum Gasteiger partial charge on any atom is -0.504 e. The first kappa shape index (κ1) is 19.2. The van der Waals surface area contributed by atoms with E-state index in [1.165, 1.54) is 12.1 Å². The number of carbonyl (C=O) groups excluding carboxylic acids is 1. The zero-order valence-corrected chi connectivity index (χ0v) is 16.2. The van der Waals surface area contributed by atoms with Gasteiger partial charge in [-0.3, -0.25) is 4.79 Å².